The van der Waals surface area contributed by atoms with E-state index >= 15 is 0 Å². The molecule has 0 bridgehead atoms. The lowest BCUT2D eigenvalue weighted by atomic mass is 10.2. The van der Waals surface area contributed by atoms with E-state index in [4.69, 9.17) is 26.3 Å². The summed E-state index contributed by atoms with van der Waals surface area (Å²) in [4.78, 5) is 7.77. The van der Waals surface area contributed by atoms with Crippen LogP contribution in [0.15, 0.2) is 29.0 Å². The first-order valence-electron chi connectivity index (χ1n) is 5.07. The number of hydrogen-bond donors (Lipinski definition) is 0. The second-order valence-corrected chi connectivity index (χ2v) is 4.51. The van der Waals surface area contributed by atoms with Crippen LogP contribution in [-0.2, 0) is 0 Å². The third-order valence-corrected chi connectivity index (χ3v) is 3.44. The molecule has 0 saturated carbocycles. The highest BCUT2D eigenvalue weighted by Gasteiger charge is 2.12. The monoisotopic (exact) mass is 339 g/mol. The van der Waals surface area contributed by atoms with Gasteiger partial charge in [0, 0.05) is 6.07 Å². The standard InChI is InChI=1S/C12H7BrClN3O2/c1-18-9-4-7(5-15)2-3-8(9)19-12-10(13)11(14)16-6-17-12/h2-4,6H,1H3. The summed E-state index contributed by atoms with van der Waals surface area (Å²) in [7, 11) is 1.49. The third kappa shape index (κ3) is 2.95. The van der Waals surface area contributed by atoms with Crippen LogP contribution in [0.2, 0.25) is 5.15 Å². The van der Waals surface area contributed by atoms with Crippen LogP contribution >= 0.6 is 27.5 Å². The minimum Gasteiger partial charge on any atom is -0.493 e. The van der Waals surface area contributed by atoms with Crippen molar-refractivity contribution in [3.05, 3.63) is 39.7 Å². The van der Waals surface area contributed by atoms with E-state index < -0.39 is 0 Å². The molecule has 2 aromatic rings. The second kappa shape index (κ2) is 5.87. The van der Waals surface area contributed by atoms with E-state index in [9.17, 15) is 0 Å². The summed E-state index contributed by atoms with van der Waals surface area (Å²) in [6, 6.07) is 6.84. The molecule has 7 heteroatoms. The Balaban J connectivity index is 2.38. The maximum absolute atomic E-state index is 8.83. The number of rotatable bonds is 3. The molecule has 0 aliphatic carbocycles. The van der Waals surface area contributed by atoms with Crippen molar-refractivity contribution in [3.8, 4) is 23.4 Å². The van der Waals surface area contributed by atoms with Gasteiger partial charge < -0.3 is 9.47 Å². The molecule has 0 unspecified atom stereocenters. The van der Waals surface area contributed by atoms with E-state index in [0.29, 0.717) is 21.5 Å². The maximum Gasteiger partial charge on any atom is 0.238 e. The van der Waals surface area contributed by atoms with Crippen LogP contribution in [0.1, 0.15) is 5.56 Å². The van der Waals surface area contributed by atoms with Crippen molar-refractivity contribution >= 4 is 27.5 Å². The Bertz CT molecular complexity index is 658. The van der Waals surface area contributed by atoms with Gasteiger partial charge in [-0.15, -0.1) is 0 Å². The van der Waals surface area contributed by atoms with Crippen molar-refractivity contribution < 1.29 is 9.47 Å². The fourth-order valence-corrected chi connectivity index (χ4v) is 1.74. The average Bonchev–Trinajstić information content (AvgIpc) is 2.44. The minimum absolute atomic E-state index is 0.248. The minimum atomic E-state index is 0.248. The number of nitrogens with zero attached hydrogens (tertiary/aromatic N) is 3. The highest BCUT2D eigenvalue weighted by Crippen LogP contribution is 2.36. The molecular weight excluding hydrogens is 334 g/mol. The molecule has 0 N–H and O–H groups in total. The van der Waals surface area contributed by atoms with Crippen molar-refractivity contribution in [2.24, 2.45) is 0 Å². The maximum atomic E-state index is 8.83. The van der Waals surface area contributed by atoms with Crippen LogP contribution in [0.4, 0.5) is 0 Å². The Morgan fingerprint density at radius 1 is 1.32 bits per heavy atom. The van der Waals surface area contributed by atoms with Gasteiger partial charge in [-0.05, 0) is 28.1 Å². The van der Waals surface area contributed by atoms with Crippen molar-refractivity contribution in [3.63, 3.8) is 0 Å². The topological polar surface area (TPSA) is 68.0 Å². The quantitative estimate of drug-likeness (QED) is 0.799. The smallest absolute Gasteiger partial charge is 0.238 e. The molecule has 0 saturated heterocycles. The largest absolute Gasteiger partial charge is 0.493 e. The summed E-state index contributed by atoms with van der Waals surface area (Å²) < 4.78 is 11.2. The van der Waals surface area contributed by atoms with Crippen molar-refractivity contribution in [2.75, 3.05) is 7.11 Å². The zero-order valence-corrected chi connectivity index (χ0v) is 12.1. The third-order valence-electron chi connectivity index (χ3n) is 2.21. The lowest BCUT2D eigenvalue weighted by Crippen LogP contribution is -1.94. The van der Waals surface area contributed by atoms with Gasteiger partial charge in [0.1, 0.15) is 10.8 Å². The van der Waals surface area contributed by atoms with Gasteiger partial charge in [-0.2, -0.15) is 5.26 Å². The van der Waals surface area contributed by atoms with E-state index in [0.717, 1.165) is 0 Å². The van der Waals surface area contributed by atoms with E-state index in [1.165, 1.54) is 13.4 Å². The zero-order chi connectivity index (χ0) is 13.8. The van der Waals surface area contributed by atoms with Gasteiger partial charge in [0.2, 0.25) is 5.88 Å². The Labute approximate surface area is 122 Å². The van der Waals surface area contributed by atoms with Crippen LogP contribution in [0, 0.1) is 11.3 Å². The van der Waals surface area contributed by atoms with E-state index in [1.54, 1.807) is 18.2 Å². The lowest BCUT2D eigenvalue weighted by Gasteiger charge is -2.10. The molecule has 0 amide bonds. The molecule has 1 heterocycles. The Kier molecular flexibility index (Phi) is 4.20. The van der Waals surface area contributed by atoms with Crippen molar-refractivity contribution in [2.45, 2.75) is 0 Å². The predicted octanol–water partition coefficient (Wildman–Crippen LogP) is 3.57. The van der Waals surface area contributed by atoms with Crippen LogP contribution in [0.25, 0.3) is 0 Å². The van der Waals surface area contributed by atoms with E-state index in [2.05, 4.69) is 25.9 Å². The van der Waals surface area contributed by atoms with Gasteiger partial charge in [0.05, 0.1) is 18.7 Å². The Hall–Kier alpha value is -1.84. The molecule has 2 rings (SSSR count). The van der Waals surface area contributed by atoms with Gasteiger partial charge in [-0.3, -0.25) is 0 Å². The average molecular weight is 341 g/mol. The van der Waals surface area contributed by atoms with Gasteiger partial charge >= 0.3 is 0 Å². The zero-order valence-electron chi connectivity index (χ0n) is 9.72. The normalized spacial score (nSPS) is 9.79. The van der Waals surface area contributed by atoms with E-state index in [-0.39, 0.29) is 11.0 Å². The van der Waals surface area contributed by atoms with Crippen molar-refractivity contribution in [1.82, 2.24) is 9.97 Å². The number of ether oxygens (including phenoxy) is 2. The number of hydrogen-bond acceptors (Lipinski definition) is 5. The first kappa shape index (κ1) is 13.6. The summed E-state index contributed by atoms with van der Waals surface area (Å²) in [6.45, 7) is 0. The highest BCUT2D eigenvalue weighted by molar-refractivity contribution is 9.10. The second-order valence-electron chi connectivity index (χ2n) is 3.36. The molecule has 0 spiro atoms. The van der Waals surface area contributed by atoms with Gasteiger partial charge in [-0.25, -0.2) is 9.97 Å². The van der Waals surface area contributed by atoms with Gasteiger partial charge in [0.25, 0.3) is 0 Å². The Morgan fingerprint density at radius 2 is 2.11 bits per heavy atom. The van der Waals surface area contributed by atoms with Crippen molar-refractivity contribution in [1.29, 1.82) is 5.26 Å². The molecule has 1 aromatic heterocycles. The van der Waals surface area contributed by atoms with Crippen LogP contribution in [0.5, 0.6) is 17.4 Å². The number of benzene rings is 1. The summed E-state index contributed by atoms with van der Waals surface area (Å²) in [5, 5.41) is 9.07. The van der Waals surface area contributed by atoms with Gasteiger partial charge in [-0.1, -0.05) is 11.6 Å². The SMILES string of the molecule is COc1cc(C#N)ccc1Oc1ncnc(Cl)c1Br. The number of nitriles is 1. The summed E-state index contributed by atoms with van der Waals surface area (Å²) in [5.74, 6) is 1.13. The van der Waals surface area contributed by atoms with Crippen LogP contribution in [0.3, 0.4) is 0 Å². The molecule has 1 aromatic carbocycles. The Morgan fingerprint density at radius 3 is 2.79 bits per heavy atom. The molecule has 0 atom stereocenters. The molecule has 19 heavy (non-hydrogen) atoms. The number of aromatic nitrogens is 2. The highest BCUT2D eigenvalue weighted by atomic mass is 79.9. The summed E-state index contributed by atoms with van der Waals surface area (Å²) in [6.07, 6.45) is 1.29. The first-order valence-corrected chi connectivity index (χ1v) is 6.24. The van der Waals surface area contributed by atoms with Gasteiger partial charge in [0.15, 0.2) is 16.7 Å². The molecule has 0 fully saturated rings. The fourth-order valence-electron chi connectivity index (χ4n) is 1.33. The molecule has 0 aliphatic heterocycles. The number of methoxy groups -OCH3 is 1. The van der Waals surface area contributed by atoms with Crippen LogP contribution in [-0.4, -0.2) is 17.1 Å². The molecule has 96 valence electrons. The van der Waals surface area contributed by atoms with E-state index in [1.807, 2.05) is 6.07 Å². The molecule has 5 nitrogen and oxygen atoms in total. The molecular formula is C12H7BrClN3O2. The van der Waals surface area contributed by atoms with Crippen LogP contribution < -0.4 is 9.47 Å². The first-order chi connectivity index (χ1) is 9.15. The lowest BCUT2D eigenvalue weighted by molar-refractivity contribution is 0.373. The predicted molar refractivity (Wildman–Crippen MR) is 72.5 cm³/mol. The summed E-state index contributed by atoms with van der Waals surface area (Å²) >= 11 is 9.09. The summed E-state index contributed by atoms with van der Waals surface area (Å²) in [5.41, 5.74) is 0.476. The fraction of sp³-hybridized carbons (Fsp3) is 0.0833. The molecule has 0 aliphatic rings. The number of halogens is 2. The molecule has 0 radical (unpaired) electrons.